The second-order valence-corrected chi connectivity index (χ2v) is 5.29. The van der Waals surface area contributed by atoms with Crippen LogP contribution < -0.4 is 10.6 Å². The Labute approximate surface area is 129 Å². The number of carbonyl (C=O) groups is 1. The van der Waals surface area contributed by atoms with Crippen molar-refractivity contribution in [2.45, 2.75) is 32.7 Å². The van der Waals surface area contributed by atoms with Crippen LogP contribution >= 0.6 is 23.8 Å². The average molecular weight is 315 g/mol. The summed E-state index contributed by atoms with van der Waals surface area (Å²) >= 11 is 11.2. The maximum atomic E-state index is 11.6. The van der Waals surface area contributed by atoms with Gasteiger partial charge in [-0.05, 0) is 43.8 Å². The molecule has 110 valence electrons. The molecule has 0 spiro atoms. The number of ether oxygens (including phenoxy) is 1. The largest absolute Gasteiger partial charge is 0.465 e. The number of nitrogens with one attached hydrogen (secondary N) is 2. The molecule has 2 N–H and O–H groups in total. The van der Waals surface area contributed by atoms with Crippen LogP contribution in [0.4, 0.5) is 5.69 Å². The van der Waals surface area contributed by atoms with Crippen LogP contribution in [0.25, 0.3) is 0 Å². The van der Waals surface area contributed by atoms with Crippen LogP contribution in [0.3, 0.4) is 0 Å². The van der Waals surface area contributed by atoms with Gasteiger partial charge in [0.15, 0.2) is 5.11 Å². The van der Waals surface area contributed by atoms with Crippen molar-refractivity contribution in [2.24, 2.45) is 0 Å². The first-order valence-electron chi connectivity index (χ1n) is 6.43. The van der Waals surface area contributed by atoms with E-state index in [1.165, 1.54) is 7.11 Å². The number of hydrogen-bond acceptors (Lipinski definition) is 3. The van der Waals surface area contributed by atoms with Crippen LogP contribution in [0.5, 0.6) is 0 Å². The number of rotatable bonds is 5. The molecule has 0 aliphatic rings. The minimum Gasteiger partial charge on any atom is -0.465 e. The highest BCUT2D eigenvalue weighted by molar-refractivity contribution is 7.80. The predicted molar refractivity (Wildman–Crippen MR) is 86.5 cm³/mol. The van der Waals surface area contributed by atoms with Crippen molar-refractivity contribution in [1.82, 2.24) is 5.32 Å². The Morgan fingerprint density at radius 3 is 2.80 bits per heavy atom. The molecule has 4 nitrogen and oxygen atoms in total. The van der Waals surface area contributed by atoms with Crippen molar-refractivity contribution in [3.8, 4) is 0 Å². The lowest BCUT2D eigenvalue weighted by atomic mass is 10.2. The molecule has 0 bridgehead atoms. The number of hydrogen-bond donors (Lipinski definition) is 2. The fourth-order valence-corrected chi connectivity index (χ4v) is 2.28. The summed E-state index contributed by atoms with van der Waals surface area (Å²) in [6.45, 7) is 4.19. The monoisotopic (exact) mass is 314 g/mol. The standard InChI is InChI=1S/C14H19ClN2O2S/c1-4-5-9(2)16-14(20)17-10-6-7-12(15)11(8-10)13(18)19-3/h6-9H,4-5H2,1-3H3,(H2,16,17,20)/t9-/m0/s1. The van der Waals surface area contributed by atoms with Crippen molar-refractivity contribution < 1.29 is 9.53 Å². The van der Waals surface area contributed by atoms with Crippen molar-refractivity contribution in [3.05, 3.63) is 28.8 Å². The normalized spacial score (nSPS) is 11.6. The number of thiocarbonyl (C=S) groups is 1. The van der Waals surface area contributed by atoms with Crippen LogP contribution in [0.15, 0.2) is 18.2 Å². The van der Waals surface area contributed by atoms with Gasteiger partial charge in [0.2, 0.25) is 0 Å². The number of halogens is 1. The molecule has 0 radical (unpaired) electrons. The van der Waals surface area contributed by atoms with Gasteiger partial charge in [0.05, 0.1) is 17.7 Å². The summed E-state index contributed by atoms with van der Waals surface area (Å²) in [6, 6.07) is 5.31. The van der Waals surface area contributed by atoms with E-state index in [4.69, 9.17) is 23.8 Å². The maximum Gasteiger partial charge on any atom is 0.339 e. The summed E-state index contributed by atoms with van der Waals surface area (Å²) in [7, 11) is 1.32. The van der Waals surface area contributed by atoms with Gasteiger partial charge in [-0.25, -0.2) is 4.79 Å². The van der Waals surface area contributed by atoms with Gasteiger partial charge in [0.1, 0.15) is 0 Å². The number of benzene rings is 1. The van der Waals surface area contributed by atoms with Crippen molar-refractivity contribution in [1.29, 1.82) is 0 Å². The van der Waals surface area contributed by atoms with Gasteiger partial charge in [-0.3, -0.25) is 0 Å². The fraction of sp³-hybridized carbons (Fsp3) is 0.429. The van der Waals surface area contributed by atoms with E-state index in [9.17, 15) is 4.79 Å². The molecule has 0 fully saturated rings. The molecule has 0 amide bonds. The van der Waals surface area contributed by atoms with E-state index in [1.54, 1.807) is 18.2 Å². The van der Waals surface area contributed by atoms with E-state index in [1.807, 2.05) is 0 Å². The van der Waals surface area contributed by atoms with Gasteiger partial charge < -0.3 is 15.4 Å². The van der Waals surface area contributed by atoms with Gasteiger partial charge in [-0.1, -0.05) is 24.9 Å². The summed E-state index contributed by atoms with van der Waals surface area (Å²) in [5.74, 6) is -0.475. The van der Waals surface area contributed by atoms with Crippen molar-refractivity contribution >= 4 is 40.6 Å². The van der Waals surface area contributed by atoms with E-state index in [0.717, 1.165) is 12.8 Å². The second-order valence-electron chi connectivity index (χ2n) is 4.47. The first-order chi connectivity index (χ1) is 9.47. The minimum absolute atomic E-state index is 0.298. The third-order valence-corrected chi connectivity index (χ3v) is 3.28. The third-order valence-electron chi connectivity index (χ3n) is 2.73. The zero-order valence-corrected chi connectivity index (χ0v) is 13.4. The number of carbonyl (C=O) groups excluding carboxylic acids is 1. The molecule has 0 heterocycles. The molecule has 1 atom stereocenters. The number of methoxy groups -OCH3 is 1. The van der Waals surface area contributed by atoms with Crippen LogP contribution in [0.2, 0.25) is 5.02 Å². The van der Waals surface area contributed by atoms with Gasteiger partial charge in [-0.2, -0.15) is 0 Å². The lowest BCUT2D eigenvalue weighted by Crippen LogP contribution is -2.35. The Kier molecular flexibility index (Phi) is 6.75. The molecule has 0 aliphatic heterocycles. The van der Waals surface area contributed by atoms with Crippen molar-refractivity contribution in [2.75, 3.05) is 12.4 Å². The summed E-state index contributed by atoms with van der Waals surface area (Å²) in [5.41, 5.74) is 1.000. The summed E-state index contributed by atoms with van der Waals surface area (Å²) < 4.78 is 4.67. The van der Waals surface area contributed by atoms with E-state index < -0.39 is 5.97 Å². The van der Waals surface area contributed by atoms with Crippen LogP contribution in [0.1, 0.15) is 37.0 Å². The quantitative estimate of drug-likeness (QED) is 0.642. The van der Waals surface area contributed by atoms with E-state index in [-0.39, 0.29) is 0 Å². The Bertz CT molecular complexity index is 494. The van der Waals surface area contributed by atoms with E-state index in [2.05, 4.69) is 29.2 Å². The van der Waals surface area contributed by atoms with Gasteiger partial charge >= 0.3 is 5.97 Å². The molecule has 1 rings (SSSR count). The molecule has 0 saturated carbocycles. The average Bonchev–Trinajstić information content (AvgIpc) is 2.40. The van der Waals surface area contributed by atoms with Gasteiger partial charge in [0, 0.05) is 11.7 Å². The molecule has 0 unspecified atom stereocenters. The SMILES string of the molecule is CCC[C@H](C)NC(=S)Nc1ccc(Cl)c(C(=O)OC)c1. The van der Waals surface area contributed by atoms with Crippen molar-refractivity contribution in [3.63, 3.8) is 0 Å². The molecule has 1 aromatic carbocycles. The highest BCUT2D eigenvalue weighted by Crippen LogP contribution is 2.21. The number of esters is 1. The van der Waals surface area contributed by atoms with Crippen LogP contribution in [0, 0.1) is 0 Å². The Morgan fingerprint density at radius 2 is 2.20 bits per heavy atom. The van der Waals surface area contributed by atoms with Crippen LogP contribution in [-0.4, -0.2) is 24.2 Å². The van der Waals surface area contributed by atoms with E-state index >= 15 is 0 Å². The molecule has 0 saturated heterocycles. The Hall–Kier alpha value is -1.33. The maximum absolute atomic E-state index is 11.6. The zero-order valence-electron chi connectivity index (χ0n) is 11.8. The van der Waals surface area contributed by atoms with Gasteiger partial charge in [-0.15, -0.1) is 0 Å². The molecule has 20 heavy (non-hydrogen) atoms. The molecular weight excluding hydrogens is 296 g/mol. The van der Waals surface area contributed by atoms with E-state index in [0.29, 0.717) is 27.4 Å². The molecular formula is C14H19ClN2O2S. The fourth-order valence-electron chi connectivity index (χ4n) is 1.77. The van der Waals surface area contributed by atoms with Crippen LogP contribution in [-0.2, 0) is 4.74 Å². The summed E-state index contributed by atoms with van der Waals surface area (Å²) in [4.78, 5) is 11.6. The topological polar surface area (TPSA) is 50.4 Å². The smallest absolute Gasteiger partial charge is 0.339 e. The predicted octanol–water partition coefficient (Wildman–Crippen LogP) is 3.60. The Balaban J connectivity index is 2.73. The first kappa shape index (κ1) is 16.7. The number of anilines is 1. The lowest BCUT2D eigenvalue weighted by molar-refractivity contribution is 0.0601. The second kappa shape index (κ2) is 8.07. The summed E-state index contributed by atoms with van der Waals surface area (Å²) in [6.07, 6.45) is 2.13. The Morgan fingerprint density at radius 1 is 1.50 bits per heavy atom. The van der Waals surface area contributed by atoms with Gasteiger partial charge in [0.25, 0.3) is 0 Å². The zero-order chi connectivity index (χ0) is 15.1. The highest BCUT2D eigenvalue weighted by Gasteiger charge is 2.12. The minimum atomic E-state index is -0.475. The summed E-state index contributed by atoms with van der Waals surface area (Å²) in [5, 5.41) is 7.07. The highest BCUT2D eigenvalue weighted by atomic mass is 35.5. The molecule has 0 aliphatic carbocycles. The lowest BCUT2D eigenvalue weighted by Gasteiger charge is -2.16. The molecule has 6 heteroatoms. The third kappa shape index (κ3) is 4.98. The molecule has 1 aromatic rings. The first-order valence-corrected chi connectivity index (χ1v) is 7.22. The molecule has 0 aromatic heterocycles.